The highest BCUT2D eigenvalue weighted by molar-refractivity contribution is 7.89. The molecule has 1 aliphatic rings. The SMILES string of the molecule is Cc1cc(F)cc(C)c1S(=O)(=O)NC1(C)CCC1. The Morgan fingerprint density at radius 1 is 1.22 bits per heavy atom. The van der Waals surface area contributed by atoms with Gasteiger partial charge in [-0.3, -0.25) is 0 Å². The van der Waals surface area contributed by atoms with E-state index in [0.717, 1.165) is 19.3 Å². The van der Waals surface area contributed by atoms with Crippen LogP contribution in [-0.2, 0) is 10.0 Å². The molecule has 0 amide bonds. The minimum atomic E-state index is -3.57. The van der Waals surface area contributed by atoms with Gasteiger partial charge in [0.2, 0.25) is 10.0 Å². The number of nitrogens with one attached hydrogen (secondary N) is 1. The maximum Gasteiger partial charge on any atom is 0.241 e. The largest absolute Gasteiger partial charge is 0.241 e. The highest BCUT2D eigenvalue weighted by Crippen LogP contribution is 2.33. The maximum absolute atomic E-state index is 13.2. The number of halogens is 1. The first kappa shape index (κ1) is 13.5. The summed E-state index contributed by atoms with van der Waals surface area (Å²) in [5, 5.41) is 0. The lowest BCUT2D eigenvalue weighted by Crippen LogP contribution is -2.51. The minimum absolute atomic E-state index is 0.206. The molecule has 0 heterocycles. The molecule has 1 fully saturated rings. The maximum atomic E-state index is 13.2. The Labute approximate surface area is 107 Å². The fourth-order valence-electron chi connectivity index (χ4n) is 2.51. The van der Waals surface area contributed by atoms with E-state index in [1.165, 1.54) is 12.1 Å². The third-order valence-corrected chi connectivity index (χ3v) is 5.47. The van der Waals surface area contributed by atoms with Crippen LogP contribution in [0.5, 0.6) is 0 Å². The smallest absolute Gasteiger partial charge is 0.207 e. The number of hydrogen-bond donors (Lipinski definition) is 1. The molecule has 0 unspecified atom stereocenters. The lowest BCUT2D eigenvalue weighted by Gasteiger charge is -2.38. The Kier molecular flexibility index (Phi) is 3.23. The molecular weight excluding hydrogens is 253 g/mol. The van der Waals surface area contributed by atoms with Crippen molar-refractivity contribution >= 4 is 10.0 Å². The summed E-state index contributed by atoms with van der Waals surface area (Å²) in [7, 11) is -3.57. The second-order valence-corrected chi connectivity index (χ2v) is 7.01. The van der Waals surface area contributed by atoms with Crippen LogP contribution in [0.3, 0.4) is 0 Å². The van der Waals surface area contributed by atoms with E-state index >= 15 is 0 Å². The van der Waals surface area contributed by atoms with Crippen LogP contribution in [0.1, 0.15) is 37.3 Å². The van der Waals surface area contributed by atoms with E-state index in [9.17, 15) is 12.8 Å². The summed E-state index contributed by atoms with van der Waals surface area (Å²) < 4.78 is 40.7. The van der Waals surface area contributed by atoms with E-state index in [1.807, 2.05) is 6.92 Å². The predicted molar refractivity (Wildman–Crippen MR) is 68.5 cm³/mol. The van der Waals surface area contributed by atoms with Crippen LogP contribution in [0.15, 0.2) is 17.0 Å². The van der Waals surface area contributed by atoms with Crippen molar-refractivity contribution in [2.45, 2.75) is 50.5 Å². The number of hydrogen-bond acceptors (Lipinski definition) is 2. The first-order valence-electron chi connectivity index (χ1n) is 6.04. The van der Waals surface area contributed by atoms with Crippen LogP contribution in [0.4, 0.5) is 4.39 Å². The molecule has 0 atom stereocenters. The Morgan fingerprint density at radius 2 is 1.72 bits per heavy atom. The van der Waals surface area contributed by atoms with E-state index in [4.69, 9.17) is 0 Å². The lowest BCUT2D eigenvalue weighted by atomic mass is 9.80. The molecule has 1 aliphatic carbocycles. The molecule has 0 spiro atoms. The Hall–Kier alpha value is -0.940. The zero-order chi connectivity index (χ0) is 13.6. The first-order chi connectivity index (χ1) is 8.23. The number of aryl methyl sites for hydroxylation is 2. The molecule has 1 saturated carbocycles. The monoisotopic (exact) mass is 271 g/mol. The molecule has 0 saturated heterocycles. The second-order valence-electron chi connectivity index (χ2n) is 5.39. The van der Waals surface area contributed by atoms with Crippen molar-refractivity contribution in [3.05, 3.63) is 29.1 Å². The van der Waals surface area contributed by atoms with Crippen molar-refractivity contribution in [2.24, 2.45) is 0 Å². The standard InChI is InChI=1S/C13H18FNO2S/c1-9-7-11(14)8-10(2)12(9)18(16,17)15-13(3)5-4-6-13/h7-8,15H,4-6H2,1-3H3. The highest BCUT2D eigenvalue weighted by Gasteiger charge is 2.37. The molecule has 1 aromatic carbocycles. The zero-order valence-corrected chi connectivity index (χ0v) is 11.7. The summed E-state index contributed by atoms with van der Waals surface area (Å²) in [6.45, 7) is 5.14. The molecule has 0 aromatic heterocycles. The van der Waals surface area contributed by atoms with Crippen LogP contribution in [-0.4, -0.2) is 14.0 Å². The van der Waals surface area contributed by atoms with Crippen molar-refractivity contribution in [3.63, 3.8) is 0 Å². The summed E-state index contributed by atoms with van der Waals surface area (Å²) in [6.07, 6.45) is 2.75. The van der Waals surface area contributed by atoms with Gasteiger partial charge in [-0.2, -0.15) is 0 Å². The fourth-order valence-corrected chi connectivity index (χ4v) is 4.43. The molecule has 1 aromatic rings. The molecule has 0 bridgehead atoms. The van der Waals surface area contributed by atoms with Gasteiger partial charge in [-0.25, -0.2) is 17.5 Å². The van der Waals surface area contributed by atoms with Crippen LogP contribution < -0.4 is 4.72 Å². The topological polar surface area (TPSA) is 46.2 Å². The molecule has 0 radical (unpaired) electrons. The van der Waals surface area contributed by atoms with Gasteiger partial charge in [-0.15, -0.1) is 0 Å². The summed E-state index contributed by atoms with van der Waals surface area (Å²) in [6, 6.07) is 2.51. The van der Waals surface area contributed by atoms with E-state index < -0.39 is 15.8 Å². The van der Waals surface area contributed by atoms with E-state index in [-0.39, 0.29) is 10.4 Å². The van der Waals surface area contributed by atoms with E-state index in [2.05, 4.69) is 4.72 Å². The Morgan fingerprint density at radius 3 is 2.11 bits per heavy atom. The molecule has 100 valence electrons. The Bertz CT molecular complexity index is 554. The average molecular weight is 271 g/mol. The number of benzene rings is 1. The zero-order valence-electron chi connectivity index (χ0n) is 10.9. The number of sulfonamides is 1. The molecule has 1 N–H and O–H groups in total. The van der Waals surface area contributed by atoms with Gasteiger partial charge in [0.25, 0.3) is 0 Å². The van der Waals surface area contributed by atoms with Crippen LogP contribution in [0, 0.1) is 19.7 Å². The van der Waals surface area contributed by atoms with Crippen molar-refractivity contribution in [1.82, 2.24) is 4.72 Å². The van der Waals surface area contributed by atoms with E-state index in [0.29, 0.717) is 11.1 Å². The number of rotatable bonds is 3. The van der Waals surface area contributed by atoms with Crippen LogP contribution >= 0.6 is 0 Å². The van der Waals surface area contributed by atoms with Crippen LogP contribution in [0.2, 0.25) is 0 Å². The molecule has 0 aliphatic heterocycles. The van der Waals surface area contributed by atoms with Crippen molar-refractivity contribution in [2.75, 3.05) is 0 Å². The van der Waals surface area contributed by atoms with Gasteiger partial charge < -0.3 is 0 Å². The highest BCUT2D eigenvalue weighted by atomic mass is 32.2. The molecule has 18 heavy (non-hydrogen) atoms. The summed E-state index contributed by atoms with van der Waals surface area (Å²) in [4.78, 5) is 0.206. The predicted octanol–water partition coefficient (Wildman–Crippen LogP) is 2.66. The third-order valence-electron chi connectivity index (χ3n) is 3.53. The average Bonchev–Trinajstić information content (AvgIpc) is 2.11. The van der Waals surface area contributed by atoms with Gasteiger partial charge >= 0.3 is 0 Å². The van der Waals surface area contributed by atoms with Gasteiger partial charge in [0.1, 0.15) is 5.82 Å². The van der Waals surface area contributed by atoms with Crippen molar-refractivity contribution in [1.29, 1.82) is 0 Å². The van der Waals surface area contributed by atoms with Gasteiger partial charge in [-0.1, -0.05) is 0 Å². The quantitative estimate of drug-likeness (QED) is 0.918. The van der Waals surface area contributed by atoms with Gasteiger partial charge in [0.05, 0.1) is 4.90 Å². The summed E-state index contributed by atoms with van der Waals surface area (Å²) in [5.41, 5.74) is 0.553. The van der Waals surface area contributed by atoms with Gasteiger partial charge in [-0.05, 0) is 63.3 Å². The minimum Gasteiger partial charge on any atom is -0.207 e. The Balaban J connectivity index is 2.41. The lowest BCUT2D eigenvalue weighted by molar-refractivity contribution is 0.248. The molecule has 2 rings (SSSR count). The third kappa shape index (κ3) is 2.42. The first-order valence-corrected chi connectivity index (χ1v) is 7.53. The van der Waals surface area contributed by atoms with Gasteiger partial charge in [0.15, 0.2) is 0 Å². The van der Waals surface area contributed by atoms with Crippen molar-refractivity contribution < 1.29 is 12.8 Å². The molecular formula is C13H18FNO2S. The molecule has 3 nitrogen and oxygen atoms in total. The normalized spacial score (nSPS) is 18.4. The summed E-state index contributed by atoms with van der Waals surface area (Å²) >= 11 is 0. The molecule has 5 heteroatoms. The second kappa shape index (κ2) is 4.31. The summed E-state index contributed by atoms with van der Waals surface area (Å²) in [5.74, 6) is -0.404. The fraction of sp³-hybridized carbons (Fsp3) is 0.538. The van der Waals surface area contributed by atoms with Crippen LogP contribution in [0.25, 0.3) is 0 Å². The van der Waals surface area contributed by atoms with Gasteiger partial charge in [0, 0.05) is 5.54 Å². The van der Waals surface area contributed by atoms with Crippen molar-refractivity contribution in [3.8, 4) is 0 Å². The van der Waals surface area contributed by atoms with E-state index in [1.54, 1.807) is 13.8 Å².